The second-order valence-corrected chi connectivity index (χ2v) is 18.5. The van der Waals surface area contributed by atoms with Crippen LogP contribution in [0.5, 0.6) is 0 Å². The van der Waals surface area contributed by atoms with Gasteiger partial charge in [-0.15, -0.1) is 0 Å². The van der Waals surface area contributed by atoms with E-state index in [0.29, 0.717) is 0 Å². The van der Waals surface area contributed by atoms with Gasteiger partial charge >= 0.3 is 64.9 Å². The molecule has 50 valence electrons. The van der Waals surface area contributed by atoms with E-state index in [2.05, 4.69) is 31.6 Å². The average Bonchev–Trinajstić information content (AvgIpc) is 2.08. The third kappa shape index (κ3) is 1.97. The van der Waals surface area contributed by atoms with Crippen LogP contribution in [0.25, 0.3) is 0 Å². The van der Waals surface area contributed by atoms with Gasteiger partial charge in [0.1, 0.15) is 0 Å². The predicted molar refractivity (Wildman–Crippen MR) is 47.3 cm³/mol. The Morgan fingerprint density at radius 1 is 1.33 bits per heavy atom. The Morgan fingerprint density at radius 2 is 2.00 bits per heavy atom. The van der Waals surface area contributed by atoms with Gasteiger partial charge < -0.3 is 0 Å². The van der Waals surface area contributed by atoms with Crippen LogP contribution in [0.1, 0.15) is 0 Å². The molecule has 0 spiro atoms. The Labute approximate surface area is 64.8 Å². The van der Waals surface area contributed by atoms with Crippen molar-refractivity contribution in [3.05, 3.63) is 16.8 Å². The van der Waals surface area contributed by atoms with Gasteiger partial charge in [0, 0.05) is 0 Å². The molecule has 1 rings (SSSR count). The summed E-state index contributed by atoms with van der Waals surface area (Å²) in [6.45, 7) is 0. The Balaban J connectivity index is 2.90. The monoisotopic (exact) mass is 248 g/mol. The first-order chi connectivity index (χ1) is 4.11. The van der Waals surface area contributed by atoms with Crippen LogP contribution >= 0.6 is 11.3 Å². The van der Waals surface area contributed by atoms with E-state index in [1.807, 2.05) is 11.3 Å². The quantitative estimate of drug-likeness (QED) is 0.668. The summed E-state index contributed by atoms with van der Waals surface area (Å²) in [6, 6.07) is 2.28. The molecule has 1 aromatic rings. The number of hydrogen-bond donors (Lipinski definition) is 0. The molecule has 0 bridgehead atoms. The van der Waals surface area contributed by atoms with Gasteiger partial charge in [0.15, 0.2) is 0 Å². The Bertz CT molecular complexity index is 171. The van der Waals surface area contributed by atoms with E-state index in [9.17, 15) is 0 Å². The van der Waals surface area contributed by atoms with E-state index in [0.717, 1.165) is 0 Å². The first-order valence-corrected chi connectivity index (χ1v) is 14.1. The van der Waals surface area contributed by atoms with Crippen molar-refractivity contribution in [3.8, 4) is 0 Å². The molecule has 2 heteroatoms. The van der Waals surface area contributed by atoms with Crippen LogP contribution in [-0.2, 0) is 0 Å². The topological polar surface area (TPSA) is 0 Å². The van der Waals surface area contributed by atoms with Crippen LogP contribution in [0, 0.1) is 0 Å². The predicted octanol–water partition coefficient (Wildman–Crippen LogP) is 2.29. The first kappa shape index (κ1) is 7.60. The second kappa shape index (κ2) is 2.62. The van der Waals surface area contributed by atoms with Crippen LogP contribution < -0.4 is 3.58 Å². The van der Waals surface area contributed by atoms with Gasteiger partial charge in [-0.1, -0.05) is 0 Å². The van der Waals surface area contributed by atoms with Gasteiger partial charge in [-0.2, -0.15) is 0 Å². The summed E-state index contributed by atoms with van der Waals surface area (Å²) in [4.78, 5) is 7.32. The fraction of sp³-hybridized carbons (Fsp3) is 0.429. The zero-order chi connectivity index (χ0) is 6.91. The molecule has 0 unspecified atom stereocenters. The molecule has 0 aliphatic heterocycles. The molecule has 0 aliphatic carbocycles. The van der Waals surface area contributed by atoms with Crippen LogP contribution in [0.15, 0.2) is 16.8 Å². The summed E-state index contributed by atoms with van der Waals surface area (Å²) in [5, 5.41) is 4.48. The number of hydrogen-bond acceptors (Lipinski definition) is 1. The molecular weight excluding hydrogens is 235 g/mol. The zero-order valence-corrected chi connectivity index (χ0v) is 9.81. The van der Waals surface area contributed by atoms with Crippen molar-refractivity contribution < 1.29 is 0 Å². The molecule has 0 saturated carbocycles. The van der Waals surface area contributed by atoms with Crippen molar-refractivity contribution in [3.63, 3.8) is 0 Å². The minimum absolute atomic E-state index is 1.64. The molecule has 0 fully saturated rings. The fourth-order valence-corrected chi connectivity index (χ4v) is 7.19. The van der Waals surface area contributed by atoms with Crippen molar-refractivity contribution >= 4 is 33.3 Å². The van der Waals surface area contributed by atoms with Crippen molar-refractivity contribution in [2.24, 2.45) is 0 Å². The first-order valence-electron chi connectivity index (χ1n) is 3.13. The van der Waals surface area contributed by atoms with E-state index in [1.165, 1.54) is 0 Å². The second-order valence-electron chi connectivity index (χ2n) is 3.26. The molecule has 0 atom stereocenters. The van der Waals surface area contributed by atoms with Crippen LogP contribution in [0.2, 0.25) is 14.8 Å². The zero-order valence-electron chi connectivity index (χ0n) is 6.14. The molecule has 0 amide bonds. The van der Waals surface area contributed by atoms with Crippen molar-refractivity contribution in [2.45, 2.75) is 14.8 Å². The third-order valence-electron chi connectivity index (χ3n) is 1.39. The van der Waals surface area contributed by atoms with Crippen molar-refractivity contribution in [2.75, 3.05) is 0 Å². The standard InChI is InChI=1S/C4H3S.3CH3.Sn/c1-2-4-5-3-1;;;;/h1,3-4H;3*1H3;. The van der Waals surface area contributed by atoms with E-state index in [-0.39, 0.29) is 0 Å². The van der Waals surface area contributed by atoms with E-state index in [4.69, 9.17) is 0 Å². The van der Waals surface area contributed by atoms with Crippen molar-refractivity contribution in [1.82, 2.24) is 0 Å². The minimum atomic E-state index is -1.64. The SMILES string of the molecule is [CH3][Sn]([CH3])([CH3])[c]1ccsc1. The molecule has 0 N–H and O–H groups in total. The fourth-order valence-electron chi connectivity index (χ4n) is 0.691. The van der Waals surface area contributed by atoms with Crippen LogP contribution in [0.4, 0.5) is 0 Å². The van der Waals surface area contributed by atoms with Gasteiger partial charge in [-0.25, -0.2) is 0 Å². The molecule has 0 aromatic carbocycles. The Kier molecular flexibility index (Phi) is 2.22. The van der Waals surface area contributed by atoms with Crippen LogP contribution in [0.3, 0.4) is 0 Å². The van der Waals surface area contributed by atoms with Gasteiger partial charge in [0.25, 0.3) is 0 Å². The molecule has 1 aromatic heterocycles. The van der Waals surface area contributed by atoms with Gasteiger partial charge in [-0.3, -0.25) is 0 Å². The molecule has 9 heavy (non-hydrogen) atoms. The van der Waals surface area contributed by atoms with Gasteiger partial charge in [0.05, 0.1) is 0 Å². The molecule has 0 aliphatic rings. The summed E-state index contributed by atoms with van der Waals surface area (Å²) in [5.41, 5.74) is 0. The average molecular weight is 247 g/mol. The molecule has 0 nitrogen and oxygen atoms in total. The third-order valence-corrected chi connectivity index (χ3v) is 8.50. The van der Waals surface area contributed by atoms with E-state index < -0.39 is 18.4 Å². The Morgan fingerprint density at radius 3 is 2.22 bits per heavy atom. The van der Waals surface area contributed by atoms with Crippen LogP contribution in [-0.4, -0.2) is 18.4 Å². The number of rotatable bonds is 1. The molecule has 0 saturated heterocycles. The van der Waals surface area contributed by atoms with Crippen molar-refractivity contribution in [1.29, 1.82) is 0 Å². The van der Waals surface area contributed by atoms with E-state index >= 15 is 0 Å². The van der Waals surface area contributed by atoms with Gasteiger partial charge in [0.2, 0.25) is 0 Å². The van der Waals surface area contributed by atoms with Gasteiger partial charge in [-0.05, 0) is 0 Å². The van der Waals surface area contributed by atoms with E-state index in [1.54, 1.807) is 3.58 Å². The molecule has 1 heterocycles. The summed E-state index contributed by atoms with van der Waals surface area (Å²) >= 11 is 0.181. The Hall–Kier alpha value is 0.499. The maximum absolute atomic E-state index is 2.44. The normalized spacial score (nSPS) is 11.9. The summed E-state index contributed by atoms with van der Waals surface area (Å²) in [6.07, 6.45) is 0. The maximum atomic E-state index is 2.44. The molecule has 0 radical (unpaired) electrons. The summed E-state index contributed by atoms with van der Waals surface area (Å²) in [5.74, 6) is 0. The summed E-state index contributed by atoms with van der Waals surface area (Å²) < 4.78 is 1.65. The summed E-state index contributed by atoms with van der Waals surface area (Å²) in [7, 11) is 0. The number of thiophene rings is 1. The molecular formula is C7H12SSn.